The van der Waals surface area contributed by atoms with Crippen LogP contribution in [0.3, 0.4) is 0 Å². The first-order valence-electron chi connectivity index (χ1n) is 24.3. The van der Waals surface area contributed by atoms with Gasteiger partial charge in [0.25, 0.3) is 0 Å². The van der Waals surface area contributed by atoms with Gasteiger partial charge in [0.2, 0.25) is 0 Å². The maximum Gasteiger partial charge on any atom is 0.303 e. The summed E-state index contributed by atoms with van der Waals surface area (Å²) in [5, 5.41) is 26.6. The van der Waals surface area contributed by atoms with Crippen molar-refractivity contribution in [3.63, 3.8) is 0 Å². The fourth-order valence-corrected chi connectivity index (χ4v) is 7.56. The van der Waals surface area contributed by atoms with Gasteiger partial charge < -0.3 is 15.3 Å². The zero-order valence-corrected chi connectivity index (χ0v) is 36.5. The Morgan fingerprint density at radius 2 is 0.528 bits per heavy atom. The van der Waals surface area contributed by atoms with Gasteiger partial charge in [0.1, 0.15) is 0 Å². The van der Waals surface area contributed by atoms with E-state index in [0.29, 0.717) is 19.5 Å². The molecule has 3 N–H and O–H groups in total. The molecule has 0 radical (unpaired) electrons. The Balaban J connectivity index is 0. The maximum absolute atomic E-state index is 10.4. The number of carboxylic acid groups (broad SMARTS) is 1. The lowest BCUT2D eigenvalue weighted by molar-refractivity contribution is -0.137. The van der Waals surface area contributed by atoms with E-state index in [4.69, 9.17) is 15.3 Å². The smallest absolute Gasteiger partial charge is 0.303 e. The van der Waals surface area contributed by atoms with E-state index in [1.54, 1.807) is 0 Å². The third-order valence-electron chi connectivity index (χ3n) is 11.2. The first kappa shape index (κ1) is 54.5. The lowest BCUT2D eigenvalue weighted by Crippen LogP contribution is -2.30. The highest BCUT2D eigenvalue weighted by molar-refractivity contribution is 5.66. The third kappa shape index (κ3) is 53.5. The summed E-state index contributed by atoms with van der Waals surface area (Å²) in [7, 11) is 0. The number of carbonyl (C=O) groups is 1. The van der Waals surface area contributed by atoms with Crippen LogP contribution in [0.1, 0.15) is 271 Å². The molecule has 5 heteroatoms. The molecule has 0 aliphatic carbocycles. The molecule has 0 heterocycles. The largest absolute Gasteiger partial charge is 0.481 e. The molecule has 0 aromatic heterocycles. The van der Waals surface area contributed by atoms with Gasteiger partial charge in [0.15, 0.2) is 0 Å². The van der Waals surface area contributed by atoms with Gasteiger partial charge in [0, 0.05) is 19.5 Å². The number of nitrogens with zero attached hydrogens (tertiary/aromatic N) is 1. The van der Waals surface area contributed by atoms with E-state index in [1.807, 2.05) is 0 Å². The quantitative estimate of drug-likeness (QED) is 0.0540. The second kappa shape index (κ2) is 51.4. The molecule has 0 saturated carbocycles. The summed E-state index contributed by atoms with van der Waals surface area (Å²) in [4.78, 5) is 12.5. The predicted molar refractivity (Wildman–Crippen MR) is 234 cm³/mol. The van der Waals surface area contributed by atoms with Gasteiger partial charge in [-0.15, -0.1) is 0 Å². The summed E-state index contributed by atoms with van der Waals surface area (Å²) < 4.78 is 0. The fraction of sp³-hybridized carbons (Fsp3) is 0.979. The number of unbranched alkanes of at least 4 members (excludes halogenated alkanes) is 37. The molecule has 0 aliphatic heterocycles. The topological polar surface area (TPSA) is 81.0 Å². The van der Waals surface area contributed by atoms with Gasteiger partial charge in [0.05, 0.1) is 13.2 Å². The van der Waals surface area contributed by atoms with E-state index in [1.165, 1.54) is 238 Å². The van der Waals surface area contributed by atoms with Gasteiger partial charge in [-0.2, -0.15) is 0 Å². The molecule has 0 rings (SSSR count). The zero-order chi connectivity index (χ0) is 39.0. The molecular formula is C48H99NO4. The van der Waals surface area contributed by atoms with Crippen molar-refractivity contribution in [1.29, 1.82) is 0 Å². The molecule has 0 amide bonds. The van der Waals surface area contributed by atoms with Crippen molar-refractivity contribution in [3.8, 4) is 0 Å². The number of hydrogen-bond acceptors (Lipinski definition) is 4. The lowest BCUT2D eigenvalue weighted by Gasteiger charge is -2.19. The van der Waals surface area contributed by atoms with Crippen LogP contribution >= 0.6 is 0 Å². The van der Waals surface area contributed by atoms with Crippen molar-refractivity contribution >= 4 is 5.97 Å². The van der Waals surface area contributed by atoms with Crippen molar-refractivity contribution in [2.75, 3.05) is 32.8 Å². The third-order valence-corrected chi connectivity index (χ3v) is 11.2. The summed E-state index contributed by atoms with van der Waals surface area (Å²) in [6.45, 7) is 7.36. The second-order valence-electron chi connectivity index (χ2n) is 16.5. The SMILES string of the molecule is CCCCCCCCCCCCCCCCCCCCCC(=O)O.CCCCCCCCCCCCCCCCCCCCCCN(CCO)CCO. The zero-order valence-electron chi connectivity index (χ0n) is 36.5. The molecule has 0 aliphatic rings. The number of rotatable bonds is 45. The highest BCUT2D eigenvalue weighted by Crippen LogP contribution is 2.16. The fourth-order valence-electron chi connectivity index (χ4n) is 7.56. The van der Waals surface area contributed by atoms with Crippen molar-refractivity contribution in [3.05, 3.63) is 0 Å². The molecule has 53 heavy (non-hydrogen) atoms. The number of aliphatic hydroxyl groups is 2. The molecule has 0 spiro atoms. The summed E-state index contributed by atoms with van der Waals surface area (Å²) in [5.74, 6) is -0.651. The number of aliphatic hydroxyl groups excluding tert-OH is 2. The Morgan fingerprint density at radius 3 is 0.736 bits per heavy atom. The van der Waals surface area contributed by atoms with Crippen LogP contribution in [0.2, 0.25) is 0 Å². The van der Waals surface area contributed by atoms with Crippen LogP contribution in [0.25, 0.3) is 0 Å². The molecule has 5 nitrogen and oxygen atoms in total. The van der Waals surface area contributed by atoms with Crippen molar-refractivity contribution < 1.29 is 20.1 Å². The Bertz CT molecular complexity index is 639. The molecule has 0 fully saturated rings. The van der Waals surface area contributed by atoms with Crippen LogP contribution in [0, 0.1) is 0 Å². The van der Waals surface area contributed by atoms with E-state index in [2.05, 4.69) is 18.7 Å². The van der Waals surface area contributed by atoms with Crippen LogP contribution in [0.15, 0.2) is 0 Å². The summed E-state index contributed by atoms with van der Waals surface area (Å²) in [6.07, 6.45) is 54.3. The van der Waals surface area contributed by atoms with Crippen LogP contribution in [-0.4, -0.2) is 59.0 Å². The van der Waals surface area contributed by atoms with Crippen LogP contribution in [0.5, 0.6) is 0 Å². The predicted octanol–water partition coefficient (Wildman–Crippen LogP) is 15.0. The summed E-state index contributed by atoms with van der Waals surface area (Å²) in [6, 6.07) is 0. The van der Waals surface area contributed by atoms with E-state index >= 15 is 0 Å². The van der Waals surface area contributed by atoms with Crippen LogP contribution in [-0.2, 0) is 4.79 Å². The van der Waals surface area contributed by atoms with Crippen LogP contribution in [0.4, 0.5) is 0 Å². The first-order valence-corrected chi connectivity index (χ1v) is 24.3. The number of aliphatic carboxylic acids is 1. The van der Waals surface area contributed by atoms with E-state index < -0.39 is 5.97 Å². The van der Waals surface area contributed by atoms with Crippen LogP contribution < -0.4 is 0 Å². The van der Waals surface area contributed by atoms with Crippen molar-refractivity contribution in [2.45, 2.75) is 271 Å². The number of hydrogen-bond donors (Lipinski definition) is 3. The normalized spacial score (nSPS) is 11.3. The van der Waals surface area contributed by atoms with Gasteiger partial charge >= 0.3 is 5.97 Å². The first-order chi connectivity index (χ1) is 26.1. The Kier molecular flexibility index (Phi) is 52.8. The monoisotopic (exact) mass is 754 g/mol. The average molecular weight is 754 g/mol. The molecule has 0 saturated heterocycles. The van der Waals surface area contributed by atoms with Gasteiger partial charge in [-0.05, 0) is 19.4 Å². The standard InChI is InChI=1S/C26H55NO2.C22H44O2/c1-2-3-4-5-6-7-8-9-10-11-12-13-14-15-16-17-18-19-20-21-22-27(23-25-28)24-26-29;1-2-3-4-5-6-7-8-9-10-11-12-13-14-15-16-17-18-19-20-21-22(23)24/h28-29H,2-26H2,1H3;2-21H2,1H3,(H,23,24). The minimum Gasteiger partial charge on any atom is -0.481 e. The number of carboxylic acids is 1. The van der Waals surface area contributed by atoms with Gasteiger partial charge in [-0.25, -0.2) is 0 Å². The highest BCUT2D eigenvalue weighted by Gasteiger charge is 2.03. The van der Waals surface area contributed by atoms with E-state index in [9.17, 15) is 4.79 Å². The Labute approximate surface area is 333 Å². The maximum atomic E-state index is 10.4. The second-order valence-corrected chi connectivity index (χ2v) is 16.5. The van der Waals surface area contributed by atoms with E-state index in [0.717, 1.165) is 19.4 Å². The van der Waals surface area contributed by atoms with Crippen molar-refractivity contribution in [1.82, 2.24) is 4.90 Å². The molecule has 0 aromatic carbocycles. The lowest BCUT2D eigenvalue weighted by atomic mass is 10.0. The molecule has 0 aromatic rings. The highest BCUT2D eigenvalue weighted by atomic mass is 16.4. The molecule has 320 valence electrons. The Morgan fingerprint density at radius 1 is 0.321 bits per heavy atom. The van der Waals surface area contributed by atoms with E-state index in [-0.39, 0.29) is 13.2 Å². The van der Waals surface area contributed by atoms with Crippen molar-refractivity contribution in [2.24, 2.45) is 0 Å². The molecule has 0 bridgehead atoms. The summed E-state index contributed by atoms with van der Waals surface area (Å²) in [5.41, 5.74) is 0. The summed E-state index contributed by atoms with van der Waals surface area (Å²) >= 11 is 0. The molecule has 0 unspecified atom stereocenters. The molecule has 0 atom stereocenters. The average Bonchev–Trinajstić information content (AvgIpc) is 3.15. The minimum absolute atomic E-state index is 0.194. The van der Waals surface area contributed by atoms with Gasteiger partial charge in [-0.3, -0.25) is 9.69 Å². The van der Waals surface area contributed by atoms with Gasteiger partial charge in [-0.1, -0.05) is 251 Å². The Hall–Kier alpha value is -0.650. The molecular weight excluding hydrogens is 655 g/mol. The minimum atomic E-state index is -0.651.